The number of fused-ring (bicyclic) bond motifs is 1. The highest BCUT2D eigenvalue weighted by molar-refractivity contribution is 6.62. The summed E-state index contributed by atoms with van der Waals surface area (Å²) >= 11 is 0. The first kappa shape index (κ1) is 25.0. The lowest BCUT2D eigenvalue weighted by Crippen LogP contribution is -2.41. The molecule has 0 spiro atoms. The molecule has 9 nitrogen and oxygen atoms in total. The molecule has 1 amide bonds. The Balaban J connectivity index is 1.72. The molecule has 10 heteroatoms. The summed E-state index contributed by atoms with van der Waals surface area (Å²) in [7, 11) is 2.79. The van der Waals surface area contributed by atoms with Gasteiger partial charge >= 0.3 is 13.2 Å². The number of rotatable bonds is 6. The van der Waals surface area contributed by atoms with Gasteiger partial charge in [-0.3, -0.25) is 0 Å². The van der Waals surface area contributed by atoms with Crippen molar-refractivity contribution >= 4 is 35.5 Å². The van der Waals surface area contributed by atoms with Gasteiger partial charge in [0.15, 0.2) is 0 Å². The summed E-state index contributed by atoms with van der Waals surface area (Å²) in [5.74, 6) is 1.05. The van der Waals surface area contributed by atoms with Crippen molar-refractivity contribution in [1.29, 1.82) is 0 Å². The molecule has 0 unspecified atom stereocenters. The quantitative estimate of drug-likeness (QED) is 0.660. The number of ether oxygens (including phenoxy) is 2. The van der Waals surface area contributed by atoms with E-state index in [-0.39, 0.29) is 6.09 Å². The Kier molecular flexibility index (Phi) is 6.82. The molecule has 2 aromatic rings. The Morgan fingerprint density at radius 2 is 1.82 bits per heavy atom. The highest BCUT2D eigenvalue weighted by Crippen LogP contribution is 2.37. The number of carbonyl (C=O) groups is 1. The number of amides is 1. The second kappa shape index (κ2) is 8.98. The Morgan fingerprint density at radius 1 is 1.18 bits per heavy atom. The molecule has 0 saturated carbocycles. The second-order valence-electron chi connectivity index (χ2n) is 10.3. The second-order valence-corrected chi connectivity index (χ2v) is 10.3. The number of aromatic nitrogens is 2. The number of carbonyl (C=O) groups excluding carboxylic acids is 1. The van der Waals surface area contributed by atoms with Crippen molar-refractivity contribution < 1.29 is 23.6 Å². The van der Waals surface area contributed by atoms with E-state index in [2.05, 4.69) is 15.3 Å². The lowest BCUT2D eigenvalue weighted by atomic mass is 9.78. The molecule has 1 aliphatic rings. The van der Waals surface area contributed by atoms with Gasteiger partial charge in [0.1, 0.15) is 16.9 Å². The fraction of sp³-hybridized carbons (Fsp3) is 0.609. The SMILES string of the molecule is COc1cc(B2OC(C)(C)C(C)(C)O2)cc2cnc(NCCN(C)C(=O)OC(C)(C)C)nc12. The van der Waals surface area contributed by atoms with Crippen LogP contribution in [0, 0.1) is 0 Å². The molecule has 1 saturated heterocycles. The van der Waals surface area contributed by atoms with Crippen molar-refractivity contribution in [3.8, 4) is 5.75 Å². The molecular weight excluding hydrogens is 423 g/mol. The van der Waals surface area contributed by atoms with E-state index < -0.39 is 23.9 Å². The van der Waals surface area contributed by atoms with Gasteiger partial charge < -0.3 is 29.0 Å². The van der Waals surface area contributed by atoms with E-state index in [4.69, 9.17) is 18.8 Å². The average molecular weight is 458 g/mol. The van der Waals surface area contributed by atoms with Crippen LogP contribution in [0.4, 0.5) is 10.7 Å². The van der Waals surface area contributed by atoms with Crippen LogP contribution in [0.1, 0.15) is 48.5 Å². The molecule has 0 bridgehead atoms. The van der Waals surface area contributed by atoms with Crippen molar-refractivity contribution in [3.05, 3.63) is 18.3 Å². The predicted octanol–water partition coefficient (Wildman–Crippen LogP) is 3.22. The first-order valence-electron chi connectivity index (χ1n) is 11.1. The summed E-state index contributed by atoms with van der Waals surface area (Å²) in [6.45, 7) is 14.5. The Hall–Kier alpha value is -2.59. The van der Waals surface area contributed by atoms with Gasteiger partial charge in [-0.2, -0.15) is 0 Å². The van der Waals surface area contributed by atoms with E-state index in [1.165, 1.54) is 4.90 Å². The summed E-state index contributed by atoms with van der Waals surface area (Å²) in [6, 6.07) is 3.84. The van der Waals surface area contributed by atoms with Gasteiger partial charge in [-0.05, 0) is 60.0 Å². The molecule has 3 rings (SSSR count). The van der Waals surface area contributed by atoms with Crippen LogP contribution in [0.3, 0.4) is 0 Å². The maximum Gasteiger partial charge on any atom is 0.494 e. The summed E-state index contributed by atoms with van der Waals surface area (Å²) < 4.78 is 23.3. The maximum atomic E-state index is 12.1. The molecule has 1 N–H and O–H groups in total. The van der Waals surface area contributed by atoms with Crippen molar-refractivity contribution in [3.63, 3.8) is 0 Å². The highest BCUT2D eigenvalue weighted by atomic mass is 16.7. The molecule has 0 radical (unpaired) electrons. The largest absolute Gasteiger partial charge is 0.494 e. The zero-order valence-corrected chi connectivity index (χ0v) is 21.1. The Bertz CT molecular complexity index is 1010. The fourth-order valence-electron chi connectivity index (χ4n) is 3.26. The van der Waals surface area contributed by atoms with Gasteiger partial charge in [0.05, 0.1) is 18.3 Å². The van der Waals surface area contributed by atoms with Crippen molar-refractivity contribution in [2.24, 2.45) is 0 Å². The maximum absolute atomic E-state index is 12.1. The third-order valence-corrected chi connectivity index (χ3v) is 5.85. The number of nitrogens with zero attached hydrogens (tertiary/aromatic N) is 3. The van der Waals surface area contributed by atoms with E-state index in [0.717, 1.165) is 10.8 Å². The topological polar surface area (TPSA) is 95.0 Å². The minimum Gasteiger partial charge on any atom is -0.494 e. The van der Waals surface area contributed by atoms with Crippen LogP contribution in [0.25, 0.3) is 10.9 Å². The van der Waals surface area contributed by atoms with Gasteiger partial charge in [0.25, 0.3) is 0 Å². The monoisotopic (exact) mass is 458 g/mol. The van der Waals surface area contributed by atoms with Crippen LogP contribution in [0.2, 0.25) is 0 Å². The standard InChI is InChI=1S/C23H35BN4O5/c1-21(2,3)31-20(29)28(8)11-10-25-19-26-14-15-12-16(13-17(30-9)18(15)27-19)24-32-22(4,5)23(6,7)33-24/h12-14H,10-11H2,1-9H3,(H,25,26,27). The summed E-state index contributed by atoms with van der Waals surface area (Å²) in [5.41, 5.74) is 0.125. The van der Waals surface area contributed by atoms with Gasteiger partial charge in [-0.25, -0.2) is 14.8 Å². The van der Waals surface area contributed by atoms with Crippen LogP contribution < -0.4 is 15.5 Å². The number of benzene rings is 1. The number of nitrogens with one attached hydrogen (secondary N) is 1. The molecule has 1 fully saturated rings. The predicted molar refractivity (Wildman–Crippen MR) is 129 cm³/mol. The van der Waals surface area contributed by atoms with E-state index in [1.54, 1.807) is 20.4 Å². The molecule has 0 atom stereocenters. The lowest BCUT2D eigenvalue weighted by molar-refractivity contribution is 0.00578. The van der Waals surface area contributed by atoms with E-state index in [0.29, 0.717) is 30.3 Å². The number of hydrogen-bond donors (Lipinski definition) is 1. The summed E-state index contributed by atoms with van der Waals surface area (Å²) in [5, 5.41) is 3.97. The summed E-state index contributed by atoms with van der Waals surface area (Å²) in [4.78, 5) is 22.6. The Labute approximate surface area is 196 Å². The molecule has 1 aromatic carbocycles. The van der Waals surface area contributed by atoms with Crippen LogP contribution in [0.5, 0.6) is 5.75 Å². The number of hydrogen-bond acceptors (Lipinski definition) is 8. The number of likely N-dealkylation sites (N-methyl/N-ethyl adjacent to an activating group) is 1. The van der Waals surface area contributed by atoms with Crippen molar-refractivity contribution in [2.75, 3.05) is 32.6 Å². The number of anilines is 1. The normalized spacial score (nSPS) is 17.2. The van der Waals surface area contributed by atoms with Gasteiger partial charge in [0.2, 0.25) is 5.95 Å². The molecule has 33 heavy (non-hydrogen) atoms. The molecular formula is C23H35BN4O5. The van der Waals surface area contributed by atoms with Crippen LogP contribution in [0.15, 0.2) is 18.3 Å². The van der Waals surface area contributed by atoms with E-state index in [9.17, 15) is 4.79 Å². The molecule has 1 aliphatic heterocycles. The first-order chi connectivity index (χ1) is 15.2. The minimum absolute atomic E-state index is 0.374. The average Bonchev–Trinajstić information content (AvgIpc) is 2.92. The zero-order chi connectivity index (χ0) is 24.6. The molecule has 180 valence electrons. The smallest absolute Gasteiger partial charge is 0.494 e. The van der Waals surface area contributed by atoms with Gasteiger partial charge in [-0.15, -0.1) is 0 Å². The zero-order valence-electron chi connectivity index (χ0n) is 21.1. The Morgan fingerprint density at radius 3 is 2.39 bits per heavy atom. The van der Waals surface area contributed by atoms with Crippen molar-refractivity contribution in [1.82, 2.24) is 14.9 Å². The van der Waals surface area contributed by atoms with Crippen LogP contribution in [-0.2, 0) is 14.0 Å². The molecule has 2 heterocycles. The molecule has 1 aromatic heterocycles. The summed E-state index contributed by atoms with van der Waals surface area (Å²) in [6.07, 6.45) is 1.36. The van der Waals surface area contributed by atoms with Crippen LogP contribution in [-0.4, -0.2) is 72.1 Å². The third-order valence-electron chi connectivity index (χ3n) is 5.85. The third kappa shape index (κ3) is 5.67. The van der Waals surface area contributed by atoms with E-state index in [1.807, 2.05) is 60.6 Å². The molecule has 0 aliphatic carbocycles. The van der Waals surface area contributed by atoms with Gasteiger partial charge in [-0.1, -0.05) is 6.07 Å². The number of methoxy groups -OCH3 is 1. The van der Waals surface area contributed by atoms with Gasteiger partial charge in [0, 0.05) is 31.7 Å². The lowest BCUT2D eigenvalue weighted by Gasteiger charge is -2.32. The van der Waals surface area contributed by atoms with Crippen LogP contribution >= 0.6 is 0 Å². The van der Waals surface area contributed by atoms with Crippen molar-refractivity contribution in [2.45, 2.75) is 65.3 Å². The first-order valence-corrected chi connectivity index (χ1v) is 11.1. The van der Waals surface area contributed by atoms with E-state index >= 15 is 0 Å². The fourth-order valence-corrected chi connectivity index (χ4v) is 3.26. The highest BCUT2D eigenvalue weighted by Gasteiger charge is 2.51. The minimum atomic E-state index is -0.532.